The molecule has 3 aliphatic heterocycles. The first kappa shape index (κ1) is 20.2. The summed E-state index contributed by atoms with van der Waals surface area (Å²) < 4.78 is 10.5. The highest BCUT2D eigenvalue weighted by atomic mass is 32.2. The number of carbonyl (C=O) groups excluding carboxylic acids is 2. The molecule has 1 amide bonds. The van der Waals surface area contributed by atoms with Crippen LogP contribution in [0, 0.1) is 0 Å². The summed E-state index contributed by atoms with van der Waals surface area (Å²) in [5, 5.41) is 4.77. The molecule has 3 aliphatic rings. The van der Waals surface area contributed by atoms with Gasteiger partial charge in [0.2, 0.25) is 5.91 Å². The van der Waals surface area contributed by atoms with Crippen LogP contribution in [0.2, 0.25) is 0 Å². The number of esters is 1. The van der Waals surface area contributed by atoms with Crippen molar-refractivity contribution in [2.75, 3.05) is 33.4 Å². The Morgan fingerprint density at radius 3 is 2.79 bits per heavy atom. The average Bonchev–Trinajstić information content (AvgIpc) is 3.43. The van der Waals surface area contributed by atoms with Crippen LogP contribution in [0.5, 0.6) is 0 Å². The lowest BCUT2D eigenvalue weighted by Crippen LogP contribution is -2.42. The van der Waals surface area contributed by atoms with Gasteiger partial charge in [0.1, 0.15) is 6.04 Å². The van der Waals surface area contributed by atoms with Crippen molar-refractivity contribution >= 4 is 40.1 Å². The topological polar surface area (TPSA) is 71.4 Å². The number of ether oxygens (including phenoxy) is 2. The van der Waals surface area contributed by atoms with E-state index in [1.54, 1.807) is 11.3 Å². The summed E-state index contributed by atoms with van der Waals surface area (Å²) >= 11 is 3.09. The van der Waals surface area contributed by atoms with E-state index in [4.69, 9.17) is 14.5 Å². The quantitative estimate of drug-likeness (QED) is 0.665. The molecule has 1 unspecified atom stereocenters. The van der Waals surface area contributed by atoms with Gasteiger partial charge in [0, 0.05) is 23.7 Å². The number of amidine groups is 1. The predicted molar refractivity (Wildman–Crippen MR) is 113 cm³/mol. The standard InChI is InChI=1S/C20H23N3O4S2/c1-3-14-17(19(25)26-2)18(15-5-4-10-28-15)23-13(12-29-20(23)21-14)11-16(24)22-6-8-27-9-7-22/h4-5,10,12,18H,3,6-9,11H2,1-2H3. The van der Waals surface area contributed by atoms with Gasteiger partial charge in [-0.25, -0.2) is 9.79 Å². The highest BCUT2D eigenvalue weighted by molar-refractivity contribution is 8.16. The molecule has 4 rings (SSSR count). The third kappa shape index (κ3) is 3.86. The SMILES string of the molecule is CCC1=C(C(=O)OC)C(c2cccs2)N2C(CC(=O)N3CCOCC3)=CSC2=N1. The Hall–Kier alpha value is -2.10. The van der Waals surface area contributed by atoms with Crippen molar-refractivity contribution in [3.05, 3.63) is 44.8 Å². The van der Waals surface area contributed by atoms with Crippen molar-refractivity contribution in [2.24, 2.45) is 4.99 Å². The van der Waals surface area contributed by atoms with Crippen molar-refractivity contribution in [3.8, 4) is 0 Å². The van der Waals surface area contributed by atoms with Crippen molar-refractivity contribution in [1.29, 1.82) is 0 Å². The van der Waals surface area contributed by atoms with Crippen LogP contribution in [-0.2, 0) is 19.1 Å². The van der Waals surface area contributed by atoms with Gasteiger partial charge in [0.15, 0.2) is 5.17 Å². The molecule has 1 atom stereocenters. The fraction of sp³-hybridized carbons (Fsp3) is 0.450. The normalized spacial score (nSPS) is 21.7. The number of methoxy groups -OCH3 is 1. The van der Waals surface area contributed by atoms with Gasteiger partial charge in [0.05, 0.1) is 38.0 Å². The van der Waals surface area contributed by atoms with E-state index in [2.05, 4.69) is 0 Å². The molecule has 1 fully saturated rings. The molecule has 1 aromatic rings. The second kappa shape index (κ2) is 8.73. The Bertz CT molecular complexity index is 886. The van der Waals surface area contributed by atoms with Crippen molar-refractivity contribution < 1.29 is 19.1 Å². The average molecular weight is 434 g/mol. The van der Waals surface area contributed by atoms with Gasteiger partial charge >= 0.3 is 5.97 Å². The van der Waals surface area contributed by atoms with Gasteiger partial charge in [-0.15, -0.1) is 11.3 Å². The molecule has 154 valence electrons. The van der Waals surface area contributed by atoms with Crippen LogP contribution in [0.25, 0.3) is 0 Å². The predicted octanol–water partition coefficient (Wildman–Crippen LogP) is 3.14. The van der Waals surface area contributed by atoms with Crippen LogP contribution in [0.1, 0.15) is 30.7 Å². The maximum atomic E-state index is 12.9. The number of thioether (sulfide) groups is 1. The largest absolute Gasteiger partial charge is 0.466 e. The summed E-state index contributed by atoms with van der Waals surface area (Å²) in [5.74, 6) is -0.310. The first-order valence-corrected chi connectivity index (χ1v) is 11.3. The number of hydrogen-bond acceptors (Lipinski definition) is 8. The van der Waals surface area contributed by atoms with Gasteiger partial charge in [-0.1, -0.05) is 24.8 Å². The van der Waals surface area contributed by atoms with Crippen LogP contribution in [0.15, 0.2) is 44.9 Å². The zero-order valence-corrected chi connectivity index (χ0v) is 18.1. The minimum atomic E-state index is -0.376. The number of nitrogens with zero attached hydrogens (tertiary/aromatic N) is 3. The molecule has 1 aromatic heterocycles. The zero-order valence-electron chi connectivity index (χ0n) is 16.4. The number of hydrogen-bond donors (Lipinski definition) is 0. The molecule has 1 saturated heterocycles. The van der Waals surface area contributed by atoms with E-state index in [1.807, 2.05) is 39.6 Å². The monoisotopic (exact) mass is 433 g/mol. The van der Waals surface area contributed by atoms with Crippen LogP contribution in [0.4, 0.5) is 0 Å². The summed E-state index contributed by atoms with van der Waals surface area (Å²) in [5.41, 5.74) is 2.15. The lowest BCUT2D eigenvalue weighted by Gasteiger charge is -2.36. The fourth-order valence-corrected chi connectivity index (χ4v) is 5.47. The molecular weight excluding hydrogens is 410 g/mol. The lowest BCUT2D eigenvalue weighted by molar-refractivity contribution is -0.136. The van der Waals surface area contributed by atoms with Gasteiger partial charge < -0.3 is 19.3 Å². The number of amides is 1. The van der Waals surface area contributed by atoms with Crippen LogP contribution in [-0.4, -0.2) is 60.3 Å². The summed E-state index contributed by atoms with van der Waals surface area (Å²) in [6, 6.07) is 3.65. The number of thiophene rings is 1. The molecule has 9 heteroatoms. The Morgan fingerprint density at radius 1 is 1.34 bits per heavy atom. The number of fused-ring (bicyclic) bond motifs is 1. The smallest absolute Gasteiger partial charge is 0.338 e. The number of aliphatic imine (C=N–C) groups is 1. The van der Waals surface area contributed by atoms with E-state index >= 15 is 0 Å². The maximum absolute atomic E-state index is 12.9. The highest BCUT2D eigenvalue weighted by Crippen LogP contribution is 2.46. The van der Waals surface area contributed by atoms with Crippen LogP contribution in [0.3, 0.4) is 0 Å². The Morgan fingerprint density at radius 2 is 2.14 bits per heavy atom. The Kier molecular flexibility index (Phi) is 6.07. The third-order valence-corrected chi connectivity index (χ3v) is 6.95. The van der Waals surface area contributed by atoms with Crippen LogP contribution >= 0.6 is 23.1 Å². The van der Waals surface area contributed by atoms with Gasteiger partial charge in [-0.3, -0.25) is 4.79 Å². The molecule has 7 nitrogen and oxygen atoms in total. The van der Waals surface area contributed by atoms with Gasteiger partial charge in [-0.2, -0.15) is 0 Å². The number of carbonyl (C=O) groups is 2. The Labute approximate surface area is 178 Å². The molecule has 29 heavy (non-hydrogen) atoms. The number of allylic oxidation sites excluding steroid dienone is 1. The molecule has 0 bridgehead atoms. The second-order valence-electron chi connectivity index (χ2n) is 6.78. The molecule has 0 aliphatic carbocycles. The van der Waals surface area contributed by atoms with E-state index in [0.717, 1.165) is 21.4 Å². The maximum Gasteiger partial charge on any atom is 0.338 e. The second-order valence-corrected chi connectivity index (χ2v) is 8.60. The zero-order chi connectivity index (χ0) is 20.4. The van der Waals surface area contributed by atoms with Crippen molar-refractivity contribution in [2.45, 2.75) is 25.8 Å². The molecule has 0 radical (unpaired) electrons. The van der Waals surface area contributed by atoms with Crippen LogP contribution < -0.4 is 0 Å². The summed E-state index contributed by atoms with van der Waals surface area (Å²) in [6.45, 7) is 4.36. The molecule has 4 heterocycles. The molecular formula is C20H23N3O4S2. The van der Waals surface area contributed by atoms with E-state index in [-0.39, 0.29) is 24.3 Å². The number of rotatable bonds is 5. The van der Waals surface area contributed by atoms with Crippen molar-refractivity contribution in [3.63, 3.8) is 0 Å². The Balaban J connectivity index is 1.67. The number of morpholine rings is 1. The van der Waals surface area contributed by atoms with E-state index in [1.165, 1.54) is 18.9 Å². The summed E-state index contributed by atoms with van der Waals surface area (Å²) in [4.78, 5) is 35.2. The first-order chi connectivity index (χ1) is 14.1. The van der Waals surface area contributed by atoms with E-state index in [9.17, 15) is 9.59 Å². The summed E-state index contributed by atoms with van der Waals surface area (Å²) in [6.07, 6.45) is 0.899. The minimum absolute atomic E-state index is 0.0659. The van der Waals surface area contributed by atoms with E-state index < -0.39 is 0 Å². The summed E-state index contributed by atoms with van der Waals surface area (Å²) in [7, 11) is 1.39. The lowest BCUT2D eigenvalue weighted by atomic mass is 9.98. The fourth-order valence-electron chi connectivity index (χ4n) is 3.71. The minimum Gasteiger partial charge on any atom is -0.466 e. The third-order valence-electron chi connectivity index (χ3n) is 5.14. The van der Waals surface area contributed by atoms with E-state index in [0.29, 0.717) is 38.3 Å². The van der Waals surface area contributed by atoms with Gasteiger partial charge in [-0.05, 0) is 23.3 Å². The highest BCUT2D eigenvalue weighted by Gasteiger charge is 2.42. The van der Waals surface area contributed by atoms with Gasteiger partial charge in [0.25, 0.3) is 0 Å². The molecule has 0 spiro atoms. The first-order valence-electron chi connectivity index (χ1n) is 9.58. The molecule has 0 N–H and O–H groups in total. The van der Waals surface area contributed by atoms with Crippen molar-refractivity contribution in [1.82, 2.24) is 9.80 Å². The molecule has 0 aromatic carbocycles. The molecule has 0 saturated carbocycles.